The van der Waals surface area contributed by atoms with Gasteiger partial charge in [0.1, 0.15) is 17.6 Å². The first-order chi connectivity index (χ1) is 7.84. The van der Waals surface area contributed by atoms with Gasteiger partial charge in [0.2, 0.25) is 0 Å². The minimum atomic E-state index is -4.54. The van der Waals surface area contributed by atoms with E-state index >= 15 is 0 Å². The van der Waals surface area contributed by atoms with Gasteiger partial charge in [-0.05, 0) is 18.6 Å². The number of nitrogens with one attached hydrogen (secondary N) is 1. The number of alkyl halides is 3. The monoisotopic (exact) mass is 248 g/mol. The van der Waals surface area contributed by atoms with Gasteiger partial charge >= 0.3 is 12.1 Å². The molecule has 0 spiro atoms. The molecule has 0 aliphatic carbocycles. The number of aliphatic carboxylic acids is 1. The molecule has 94 valence electrons. The van der Waals surface area contributed by atoms with Gasteiger partial charge in [-0.1, -0.05) is 13.0 Å². The Balaban J connectivity index is 2.89. The molecule has 1 aromatic heterocycles. The van der Waals surface area contributed by atoms with E-state index in [4.69, 9.17) is 5.11 Å². The smallest absolute Gasteiger partial charge is 0.433 e. The predicted octanol–water partition coefficient (Wildman–Crippen LogP) is 2.38. The van der Waals surface area contributed by atoms with E-state index in [-0.39, 0.29) is 12.2 Å². The maximum atomic E-state index is 12.3. The molecule has 1 unspecified atom stereocenters. The van der Waals surface area contributed by atoms with Gasteiger partial charge in [0.25, 0.3) is 0 Å². The van der Waals surface area contributed by atoms with E-state index in [9.17, 15) is 18.0 Å². The lowest BCUT2D eigenvalue weighted by Crippen LogP contribution is -2.29. The molecule has 1 rings (SSSR count). The van der Waals surface area contributed by atoms with Crippen LogP contribution in [-0.2, 0) is 11.0 Å². The molecule has 0 aliphatic heterocycles. The average Bonchev–Trinajstić information content (AvgIpc) is 2.24. The molecule has 0 bridgehead atoms. The normalized spacial score (nSPS) is 13.2. The summed E-state index contributed by atoms with van der Waals surface area (Å²) in [7, 11) is 0. The van der Waals surface area contributed by atoms with Gasteiger partial charge < -0.3 is 10.4 Å². The highest BCUT2D eigenvalue weighted by atomic mass is 19.4. The van der Waals surface area contributed by atoms with E-state index in [0.29, 0.717) is 0 Å². The maximum absolute atomic E-state index is 12.3. The van der Waals surface area contributed by atoms with Crippen LogP contribution in [0.2, 0.25) is 0 Å². The van der Waals surface area contributed by atoms with Crippen molar-refractivity contribution in [2.24, 2.45) is 0 Å². The largest absolute Gasteiger partial charge is 0.480 e. The second-order valence-corrected chi connectivity index (χ2v) is 3.35. The van der Waals surface area contributed by atoms with Crippen LogP contribution in [0.15, 0.2) is 18.2 Å². The topological polar surface area (TPSA) is 62.2 Å². The van der Waals surface area contributed by atoms with Crippen LogP contribution in [-0.4, -0.2) is 22.1 Å². The summed E-state index contributed by atoms with van der Waals surface area (Å²) in [5.41, 5.74) is -1.05. The lowest BCUT2D eigenvalue weighted by Gasteiger charge is -2.14. The molecule has 0 fully saturated rings. The summed E-state index contributed by atoms with van der Waals surface area (Å²) in [4.78, 5) is 14.0. The van der Waals surface area contributed by atoms with Crippen molar-refractivity contribution >= 4 is 11.8 Å². The maximum Gasteiger partial charge on any atom is 0.433 e. The standard InChI is InChI=1S/C10H11F3N2O2/c1-2-6(9(16)17)14-8-5-3-4-7(15-8)10(11,12)13/h3-6H,2H2,1H3,(H,14,15)(H,16,17). The Morgan fingerprint density at radius 2 is 2.18 bits per heavy atom. The molecule has 1 aromatic rings. The Labute approximate surface area is 95.5 Å². The molecule has 0 saturated carbocycles. The number of rotatable bonds is 4. The fourth-order valence-corrected chi connectivity index (χ4v) is 1.19. The molecular weight excluding hydrogens is 237 g/mol. The summed E-state index contributed by atoms with van der Waals surface area (Å²) in [6.45, 7) is 1.61. The molecule has 0 saturated heterocycles. The first kappa shape index (κ1) is 13.3. The summed E-state index contributed by atoms with van der Waals surface area (Å²) < 4.78 is 37.0. The molecule has 1 atom stereocenters. The Bertz CT molecular complexity index is 407. The minimum Gasteiger partial charge on any atom is -0.480 e. The highest BCUT2D eigenvalue weighted by Gasteiger charge is 2.32. The molecular formula is C10H11F3N2O2. The summed E-state index contributed by atoms with van der Waals surface area (Å²) in [5, 5.41) is 11.2. The molecule has 7 heteroatoms. The number of aromatic nitrogens is 1. The fraction of sp³-hybridized carbons (Fsp3) is 0.400. The fourth-order valence-electron chi connectivity index (χ4n) is 1.19. The van der Waals surface area contributed by atoms with Crippen molar-refractivity contribution < 1.29 is 23.1 Å². The van der Waals surface area contributed by atoms with Crippen molar-refractivity contribution in [2.75, 3.05) is 5.32 Å². The van der Waals surface area contributed by atoms with Crippen molar-refractivity contribution in [3.05, 3.63) is 23.9 Å². The molecule has 4 nitrogen and oxygen atoms in total. The zero-order valence-electron chi connectivity index (χ0n) is 8.95. The molecule has 0 amide bonds. The second-order valence-electron chi connectivity index (χ2n) is 3.35. The number of halogens is 3. The molecule has 1 heterocycles. The number of nitrogens with zero attached hydrogens (tertiary/aromatic N) is 1. The van der Waals surface area contributed by atoms with Crippen LogP contribution in [0.3, 0.4) is 0 Å². The lowest BCUT2D eigenvalue weighted by molar-refractivity contribution is -0.141. The van der Waals surface area contributed by atoms with Crippen molar-refractivity contribution in [1.82, 2.24) is 4.98 Å². The van der Waals surface area contributed by atoms with Gasteiger partial charge in [-0.2, -0.15) is 13.2 Å². The second kappa shape index (κ2) is 5.03. The van der Waals surface area contributed by atoms with Crippen molar-refractivity contribution in [3.8, 4) is 0 Å². The van der Waals surface area contributed by atoms with Gasteiger partial charge in [-0.15, -0.1) is 0 Å². The van der Waals surface area contributed by atoms with E-state index in [1.54, 1.807) is 6.92 Å². The minimum absolute atomic E-state index is 0.103. The number of hydrogen-bond donors (Lipinski definition) is 2. The van der Waals surface area contributed by atoms with Crippen molar-refractivity contribution in [2.45, 2.75) is 25.6 Å². The van der Waals surface area contributed by atoms with Gasteiger partial charge in [0, 0.05) is 0 Å². The first-order valence-electron chi connectivity index (χ1n) is 4.88. The molecule has 0 aliphatic rings. The van der Waals surface area contributed by atoms with Crippen LogP contribution in [0.5, 0.6) is 0 Å². The SMILES string of the molecule is CCC(Nc1cccc(C(F)(F)F)n1)C(=O)O. The summed E-state index contributed by atoms with van der Waals surface area (Å²) >= 11 is 0. The Morgan fingerprint density at radius 1 is 1.53 bits per heavy atom. The summed E-state index contributed by atoms with van der Waals surface area (Å²) in [6.07, 6.45) is -4.30. The third kappa shape index (κ3) is 3.61. The summed E-state index contributed by atoms with van der Waals surface area (Å²) in [6, 6.07) is 2.34. The van der Waals surface area contributed by atoms with E-state index in [0.717, 1.165) is 6.07 Å². The predicted molar refractivity (Wildman–Crippen MR) is 54.6 cm³/mol. The van der Waals surface area contributed by atoms with Crippen LogP contribution in [0.1, 0.15) is 19.0 Å². The highest BCUT2D eigenvalue weighted by Crippen LogP contribution is 2.28. The van der Waals surface area contributed by atoms with Crippen LogP contribution >= 0.6 is 0 Å². The third-order valence-corrected chi connectivity index (χ3v) is 2.07. The van der Waals surface area contributed by atoms with Gasteiger partial charge in [0.05, 0.1) is 0 Å². The molecule has 0 radical (unpaired) electrons. The zero-order valence-corrected chi connectivity index (χ0v) is 8.95. The Morgan fingerprint density at radius 3 is 2.65 bits per heavy atom. The highest BCUT2D eigenvalue weighted by molar-refractivity contribution is 5.76. The zero-order chi connectivity index (χ0) is 13.1. The molecule has 0 aromatic carbocycles. The van der Waals surface area contributed by atoms with E-state index in [1.165, 1.54) is 12.1 Å². The number of carbonyl (C=O) groups is 1. The lowest BCUT2D eigenvalue weighted by atomic mass is 10.2. The van der Waals surface area contributed by atoms with Crippen LogP contribution in [0, 0.1) is 0 Å². The average molecular weight is 248 g/mol. The Kier molecular flexibility index (Phi) is 3.93. The van der Waals surface area contributed by atoms with Crippen LogP contribution in [0.25, 0.3) is 0 Å². The molecule has 17 heavy (non-hydrogen) atoms. The van der Waals surface area contributed by atoms with E-state index in [1.807, 2.05) is 0 Å². The quantitative estimate of drug-likeness (QED) is 0.858. The first-order valence-corrected chi connectivity index (χ1v) is 4.88. The van der Waals surface area contributed by atoms with Crippen LogP contribution < -0.4 is 5.32 Å². The number of hydrogen-bond acceptors (Lipinski definition) is 3. The van der Waals surface area contributed by atoms with Gasteiger partial charge in [-0.3, -0.25) is 0 Å². The number of anilines is 1. The number of carboxylic acid groups (broad SMARTS) is 1. The van der Waals surface area contributed by atoms with E-state index < -0.39 is 23.9 Å². The van der Waals surface area contributed by atoms with Gasteiger partial charge in [0.15, 0.2) is 0 Å². The molecule has 2 N–H and O–H groups in total. The van der Waals surface area contributed by atoms with Crippen molar-refractivity contribution in [3.63, 3.8) is 0 Å². The van der Waals surface area contributed by atoms with Crippen LogP contribution in [0.4, 0.5) is 19.0 Å². The number of pyridine rings is 1. The third-order valence-electron chi connectivity index (χ3n) is 2.07. The van der Waals surface area contributed by atoms with Crippen molar-refractivity contribution in [1.29, 1.82) is 0 Å². The summed E-state index contributed by atoms with van der Waals surface area (Å²) in [5.74, 6) is -1.24. The Hall–Kier alpha value is -1.79. The van der Waals surface area contributed by atoms with Gasteiger partial charge in [-0.25, -0.2) is 9.78 Å². The number of carboxylic acids is 1. The van der Waals surface area contributed by atoms with E-state index in [2.05, 4.69) is 10.3 Å².